The van der Waals surface area contributed by atoms with Gasteiger partial charge in [0, 0.05) is 6.42 Å². The lowest BCUT2D eigenvalue weighted by atomic mass is 10.0. The van der Waals surface area contributed by atoms with E-state index in [1.165, 1.54) is 0 Å². The van der Waals surface area contributed by atoms with Gasteiger partial charge in [0.15, 0.2) is 22.1 Å². The smallest absolute Gasteiger partial charge is 0.274 e. The quantitative estimate of drug-likeness (QED) is 0.137. The van der Waals surface area contributed by atoms with E-state index in [1.54, 1.807) is 6.26 Å². The van der Waals surface area contributed by atoms with Crippen molar-refractivity contribution in [3.8, 4) is 0 Å². The number of hydrogen-bond acceptors (Lipinski definition) is 11. The third-order valence-corrected chi connectivity index (χ3v) is 5.60. The first-order chi connectivity index (χ1) is 14.7. The molecule has 2 amide bonds. The highest BCUT2D eigenvalue weighted by Crippen LogP contribution is 2.38. The molecule has 3 heterocycles. The van der Waals surface area contributed by atoms with Gasteiger partial charge in [-0.15, -0.1) is 0 Å². The molecule has 170 valence electrons. The number of carbonyl (C=O) groups is 2. The number of carbonyl (C=O) groups excluding carboxylic acids is 2. The summed E-state index contributed by atoms with van der Waals surface area (Å²) < 4.78 is 6.50. The fraction of sp³-hybridized carbons (Fsp3) is 0.588. The van der Waals surface area contributed by atoms with Crippen molar-refractivity contribution in [2.75, 3.05) is 17.9 Å². The fourth-order valence-electron chi connectivity index (χ4n) is 3.37. The highest BCUT2D eigenvalue weighted by molar-refractivity contribution is 7.98. The van der Waals surface area contributed by atoms with Gasteiger partial charge in [-0.1, -0.05) is 25.1 Å². The van der Waals surface area contributed by atoms with Crippen molar-refractivity contribution in [2.24, 2.45) is 5.73 Å². The van der Waals surface area contributed by atoms with Crippen LogP contribution in [0.1, 0.15) is 26.2 Å². The van der Waals surface area contributed by atoms with E-state index in [4.69, 9.17) is 10.5 Å². The van der Waals surface area contributed by atoms with Gasteiger partial charge in [0.25, 0.3) is 17.5 Å². The van der Waals surface area contributed by atoms with Crippen molar-refractivity contribution in [3.63, 3.8) is 0 Å². The Morgan fingerprint density at radius 3 is 2.65 bits per heavy atom. The number of aliphatic hydroxyl groups is 3. The van der Waals surface area contributed by atoms with E-state index in [-0.39, 0.29) is 28.6 Å². The molecule has 4 atom stereocenters. The Hall–Kier alpha value is -2.36. The minimum atomic E-state index is -2.34. The average Bonchev–Trinajstić information content (AvgIpc) is 3.30. The number of ether oxygens (including phenoxy) is 1. The summed E-state index contributed by atoms with van der Waals surface area (Å²) in [7, 11) is 0. The van der Waals surface area contributed by atoms with Crippen LogP contribution in [0.4, 0.5) is 5.82 Å². The zero-order valence-electron chi connectivity index (χ0n) is 16.9. The minimum Gasteiger partial charge on any atom is -0.394 e. The standard InChI is InChI=1S/C17H24N6O7S/c1-3-4-5-9(25)23(29)14-10-13(20-16(21-14)31-2)22(7-19-10)17(15(18)28)12(27)11(26)8(6-24)30-17/h7-8,11-12,24,26-27,29H,3-6H2,1-2H3,(H2,18,28)/t8-,11-,12-,17+/m1/s1. The predicted octanol–water partition coefficient (Wildman–Crippen LogP) is -1.29. The molecule has 0 spiro atoms. The summed E-state index contributed by atoms with van der Waals surface area (Å²) in [5.41, 5.74) is 3.04. The molecule has 2 aromatic rings. The lowest BCUT2D eigenvalue weighted by molar-refractivity contribution is -0.173. The van der Waals surface area contributed by atoms with E-state index in [0.29, 0.717) is 11.5 Å². The number of fused-ring (bicyclic) bond motifs is 1. The van der Waals surface area contributed by atoms with Crippen molar-refractivity contribution >= 4 is 40.6 Å². The summed E-state index contributed by atoms with van der Waals surface area (Å²) in [4.78, 5) is 37.2. The first-order valence-corrected chi connectivity index (χ1v) is 10.7. The van der Waals surface area contributed by atoms with E-state index >= 15 is 0 Å². The van der Waals surface area contributed by atoms with E-state index in [2.05, 4.69) is 15.0 Å². The van der Waals surface area contributed by atoms with E-state index in [1.807, 2.05) is 6.92 Å². The number of hydrogen-bond donors (Lipinski definition) is 5. The maximum absolute atomic E-state index is 12.4. The van der Waals surface area contributed by atoms with Gasteiger partial charge in [-0.25, -0.2) is 9.97 Å². The van der Waals surface area contributed by atoms with Crippen LogP contribution in [0.5, 0.6) is 0 Å². The molecule has 2 aromatic heterocycles. The number of aromatic nitrogens is 4. The molecule has 0 bridgehead atoms. The van der Waals surface area contributed by atoms with Gasteiger partial charge in [0.05, 0.1) is 6.61 Å². The monoisotopic (exact) mass is 456 g/mol. The Labute approximate surface area is 180 Å². The summed E-state index contributed by atoms with van der Waals surface area (Å²) in [5.74, 6) is -2.00. The molecule has 14 heteroatoms. The highest BCUT2D eigenvalue weighted by atomic mass is 32.2. The number of aliphatic hydroxyl groups excluding tert-OH is 3. The third-order valence-electron chi connectivity index (χ3n) is 5.05. The Morgan fingerprint density at radius 2 is 2.10 bits per heavy atom. The van der Waals surface area contributed by atoms with Crippen molar-refractivity contribution < 1.29 is 34.9 Å². The van der Waals surface area contributed by atoms with Crippen LogP contribution in [0.2, 0.25) is 0 Å². The number of nitrogens with zero attached hydrogens (tertiary/aromatic N) is 5. The fourth-order valence-corrected chi connectivity index (χ4v) is 3.73. The molecule has 0 radical (unpaired) electrons. The molecular weight excluding hydrogens is 432 g/mol. The topological polar surface area (TPSA) is 197 Å². The molecule has 1 aliphatic heterocycles. The van der Waals surface area contributed by atoms with Gasteiger partial charge in [0.1, 0.15) is 24.6 Å². The average molecular weight is 456 g/mol. The molecule has 0 aromatic carbocycles. The second-order valence-electron chi connectivity index (χ2n) is 6.96. The lowest BCUT2D eigenvalue weighted by Crippen LogP contribution is -2.54. The van der Waals surface area contributed by atoms with Crippen molar-refractivity contribution in [1.29, 1.82) is 0 Å². The number of primary amides is 1. The number of unbranched alkanes of at least 4 members (excludes halogenated alkanes) is 1. The maximum atomic E-state index is 12.4. The molecular formula is C17H24N6O7S. The number of anilines is 1. The Morgan fingerprint density at radius 1 is 1.39 bits per heavy atom. The molecule has 3 rings (SSSR count). The first-order valence-electron chi connectivity index (χ1n) is 9.48. The lowest BCUT2D eigenvalue weighted by Gasteiger charge is -2.30. The SMILES string of the molecule is CCCCC(=O)N(O)c1nc(SC)nc2c1ncn2[C@]1(C(N)=O)O[C@H](CO)[C@@H](O)[C@H]1O. The van der Waals surface area contributed by atoms with Crippen LogP contribution in [-0.4, -0.2) is 83.0 Å². The molecule has 6 N–H and O–H groups in total. The summed E-state index contributed by atoms with van der Waals surface area (Å²) in [5, 5.41) is 41.2. The molecule has 1 aliphatic rings. The second-order valence-corrected chi connectivity index (χ2v) is 7.74. The number of amides is 2. The predicted molar refractivity (Wildman–Crippen MR) is 107 cm³/mol. The zero-order chi connectivity index (χ0) is 22.9. The first kappa shape index (κ1) is 23.3. The van der Waals surface area contributed by atoms with E-state index in [0.717, 1.165) is 29.1 Å². The highest BCUT2D eigenvalue weighted by Gasteiger charge is 2.60. The van der Waals surface area contributed by atoms with E-state index in [9.17, 15) is 30.1 Å². The van der Waals surface area contributed by atoms with Gasteiger partial charge in [-0.3, -0.25) is 19.4 Å². The Kier molecular flexibility index (Phi) is 6.78. The molecule has 1 fully saturated rings. The van der Waals surface area contributed by atoms with Crippen LogP contribution in [0, 0.1) is 0 Å². The second kappa shape index (κ2) is 9.02. The Balaban J connectivity index is 2.19. The molecule has 0 aliphatic carbocycles. The normalized spacial score (nSPS) is 25.8. The van der Waals surface area contributed by atoms with Gasteiger partial charge < -0.3 is 25.8 Å². The van der Waals surface area contributed by atoms with Crippen LogP contribution in [0.15, 0.2) is 11.5 Å². The number of imidazole rings is 1. The number of rotatable bonds is 8. The summed E-state index contributed by atoms with van der Waals surface area (Å²) in [6.45, 7) is 1.21. The van der Waals surface area contributed by atoms with Gasteiger partial charge in [-0.05, 0) is 12.7 Å². The number of hydroxylamine groups is 1. The third kappa shape index (κ3) is 3.75. The summed E-state index contributed by atoms with van der Waals surface area (Å²) >= 11 is 1.09. The molecule has 31 heavy (non-hydrogen) atoms. The zero-order valence-corrected chi connectivity index (χ0v) is 17.7. The van der Waals surface area contributed by atoms with Crippen LogP contribution in [0.3, 0.4) is 0 Å². The van der Waals surface area contributed by atoms with Crippen molar-refractivity contribution in [2.45, 2.75) is 55.4 Å². The molecule has 1 saturated heterocycles. The van der Waals surface area contributed by atoms with Crippen LogP contribution >= 0.6 is 11.8 Å². The summed E-state index contributed by atoms with van der Waals surface area (Å²) in [6.07, 6.45) is -0.682. The molecule has 0 unspecified atom stereocenters. The molecule has 0 saturated carbocycles. The van der Waals surface area contributed by atoms with Crippen LogP contribution < -0.4 is 10.8 Å². The maximum Gasteiger partial charge on any atom is 0.274 e. The molecule has 13 nitrogen and oxygen atoms in total. The number of thioether (sulfide) groups is 1. The summed E-state index contributed by atoms with van der Waals surface area (Å²) in [6, 6.07) is 0. The van der Waals surface area contributed by atoms with Gasteiger partial charge in [0.2, 0.25) is 0 Å². The van der Waals surface area contributed by atoms with E-state index < -0.39 is 42.5 Å². The minimum absolute atomic E-state index is 0.0662. The number of nitrogens with two attached hydrogens (primary N) is 1. The van der Waals surface area contributed by atoms with Crippen LogP contribution in [-0.2, 0) is 20.1 Å². The van der Waals surface area contributed by atoms with Crippen LogP contribution in [0.25, 0.3) is 11.2 Å². The van der Waals surface area contributed by atoms with Gasteiger partial charge in [-0.2, -0.15) is 10.0 Å². The van der Waals surface area contributed by atoms with Gasteiger partial charge >= 0.3 is 0 Å². The Bertz CT molecular complexity index is 987. The largest absolute Gasteiger partial charge is 0.394 e. The van der Waals surface area contributed by atoms with Crippen molar-refractivity contribution in [3.05, 3.63) is 6.33 Å². The van der Waals surface area contributed by atoms with Crippen molar-refractivity contribution in [1.82, 2.24) is 19.5 Å².